The van der Waals surface area contributed by atoms with Crippen molar-refractivity contribution < 1.29 is 19.4 Å². The smallest absolute Gasteiger partial charge is 0.371 e. The molecule has 0 heterocycles. The molecule has 0 saturated carbocycles. The van der Waals surface area contributed by atoms with Crippen molar-refractivity contribution >= 4 is 12.0 Å². The Hall–Kier alpha value is -2.75. The topological polar surface area (TPSA) is 55.8 Å². The molecule has 0 radical (unpaired) electrons. The lowest BCUT2D eigenvalue weighted by atomic mass is 10.1. The van der Waals surface area contributed by atoms with E-state index in [-0.39, 0.29) is 5.76 Å². The summed E-state index contributed by atoms with van der Waals surface area (Å²) < 4.78 is 10.6. The number of rotatable bonds is 5. The van der Waals surface area contributed by atoms with Gasteiger partial charge in [0.05, 0.1) is 7.11 Å². The summed E-state index contributed by atoms with van der Waals surface area (Å²) in [6.45, 7) is 1.97. The van der Waals surface area contributed by atoms with E-state index in [1.165, 1.54) is 13.2 Å². The van der Waals surface area contributed by atoms with Gasteiger partial charge in [0, 0.05) is 0 Å². The van der Waals surface area contributed by atoms with Crippen LogP contribution in [0.15, 0.2) is 54.3 Å². The van der Waals surface area contributed by atoms with Crippen molar-refractivity contribution in [3.05, 3.63) is 65.4 Å². The number of aliphatic carboxylic acids is 1. The number of ether oxygens (including phenoxy) is 2. The molecule has 0 amide bonds. The number of methoxy groups -OCH3 is 1. The summed E-state index contributed by atoms with van der Waals surface area (Å²) in [5.74, 6) is -0.459. The summed E-state index contributed by atoms with van der Waals surface area (Å²) >= 11 is 0. The molecule has 0 saturated heterocycles. The molecule has 0 spiro atoms. The van der Waals surface area contributed by atoms with Crippen LogP contribution in [0.3, 0.4) is 0 Å². The van der Waals surface area contributed by atoms with E-state index < -0.39 is 5.97 Å². The van der Waals surface area contributed by atoms with Crippen molar-refractivity contribution in [2.45, 2.75) is 6.92 Å². The molecule has 2 rings (SSSR count). The van der Waals surface area contributed by atoms with Crippen molar-refractivity contribution in [3.63, 3.8) is 0 Å². The molecule has 21 heavy (non-hydrogen) atoms. The van der Waals surface area contributed by atoms with Gasteiger partial charge < -0.3 is 14.6 Å². The summed E-state index contributed by atoms with van der Waals surface area (Å²) in [6.07, 6.45) is 1.48. The molecular formula is C17H16O4. The maximum absolute atomic E-state index is 11.3. The Balaban J connectivity index is 2.31. The van der Waals surface area contributed by atoms with Gasteiger partial charge in [0.1, 0.15) is 0 Å². The van der Waals surface area contributed by atoms with Gasteiger partial charge in [-0.1, -0.05) is 42.0 Å². The monoisotopic (exact) mass is 284 g/mol. The zero-order chi connectivity index (χ0) is 15.2. The number of carboxylic acids is 1. The minimum atomic E-state index is -1.14. The average Bonchev–Trinajstić information content (AvgIpc) is 2.49. The molecule has 0 aliphatic heterocycles. The maximum Gasteiger partial charge on any atom is 0.371 e. The third-order valence-electron chi connectivity index (χ3n) is 2.87. The molecule has 108 valence electrons. The van der Waals surface area contributed by atoms with E-state index in [4.69, 9.17) is 9.47 Å². The predicted molar refractivity (Wildman–Crippen MR) is 80.4 cm³/mol. The zero-order valence-corrected chi connectivity index (χ0v) is 11.9. The van der Waals surface area contributed by atoms with Gasteiger partial charge >= 0.3 is 5.97 Å². The van der Waals surface area contributed by atoms with Crippen LogP contribution < -0.4 is 9.47 Å². The Labute approximate surface area is 123 Å². The van der Waals surface area contributed by atoms with Gasteiger partial charge in [-0.2, -0.15) is 0 Å². The molecule has 0 fully saturated rings. The molecule has 0 atom stereocenters. The van der Waals surface area contributed by atoms with Crippen LogP contribution in [0.25, 0.3) is 6.08 Å². The molecule has 4 heteroatoms. The summed E-state index contributed by atoms with van der Waals surface area (Å²) in [6, 6.07) is 14.4. The van der Waals surface area contributed by atoms with Gasteiger partial charge in [0.25, 0.3) is 0 Å². The van der Waals surface area contributed by atoms with Crippen LogP contribution in [0.2, 0.25) is 0 Å². The second-order valence-corrected chi connectivity index (χ2v) is 4.48. The number of benzene rings is 2. The third-order valence-corrected chi connectivity index (χ3v) is 2.87. The van der Waals surface area contributed by atoms with E-state index in [1.807, 2.05) is 31.2 Å². The molecular weight excluding hydrogens is 268 g/mol. The summed E-state index contributed by atoms with van der Waals surface area (Å²) in [5, 5.41) is 9.28. The lowest BCUT2D eigenvalue weighted by Gasteiger charge is -2.10. The third kappa shape index (κ3) is 3.86. The SMILES string of the molecule is COc1ccccc1OC(=Cc1ccc(C)cc1)C(=O)O. The minimum Gasteiger partial charge on any atom is -0.493 e. The van der Waals surface area contributed by atoms with Crippen LogP contribution >= 0.6 is 0 Å². The van der Waals surface area contributed by atoms with E-state index in [1.54, 1.807) is 24.3 Å². The second-order valence-electron chi connectivity index (χ2n) is 4.48. The fraction of sp³-hybridized carbons (Fsp3) is 0.118. The fourth-order valence-electron chi connectivity index (χ4n) is 1.77. The highest BCUT2D eigenvalue weighted by molar-refractivity contribution is 5.90. The van der Waals surface area contributed by atoms with E-state index in [2.05, 4.69) is 0 Å². The predicted octanol–water partition coefficient (Wildman–Crippen LogP) is 3.51. The standard InChI is InChI=1S/C17H16O4/c1-12-7-9-13(10-8-12)11-16(17(18)19)21-15-6-4-3-5-14(15)20-2/h3-11H,1-2H3,(H,18,19). The molecule has 1 N–H and O–H groups in total. The van der Waals surface area contributed by atoms with Crippen LogP contribution in [-0.2, 0) is 4.79 Å². The molecule has 0 bridgehead atoms. The first-order chi connectivity index (χ1) is 10.1. The van der Waals surface area contributed by atoms with E-state index in [0.29, 0.717) is 11.5 Å². The van der Waals surface area contributed by atoms with E-state index in [9.17, 15) is 9.90 Å². The highest BCUT2D eigenvalue weighted by Gasteiger charge is 2.13. The molecule has 0 unspecified atom stereocenters. The normalized spacial score (nSPS) is 11.0. The van der Waals surface area contributed by atoms with E-state index >= 15 is 0 Å². The van der Waals surface area contributed by atoms with E-state index in [0.717, 1.165) is 11.1 Å². The van der Waals surface area contributed by atoms with Gasteiger partial charge in [-0.3, -0.25) is 0 Å². The molecule has 2 aromatic rings. The van der Waals surface area contributed by atoms with Crippen LogP contribution in [0.1, 0.15) is 11.1 Å². The molecule has 2 aromatic carbocycles. The summed E-state index contributed by atoms with van der Waals surface area (Å²) in [7, 11) is 1.51. The number of hydrogen-bond acceptors (Lipinski definition) is 3. The van der Waals surface area contributed by atoms with Crippen LogP contribution in [-0.4, -0.2) is 18.2 Å². The maximum atomic E-state index is 11.3. The highest BCUT2D eigenvalue weighted by atomic mass is 16.5. The number of hydrogen-bond donors (Lipinski definition) is 1. The average molecular weight is 284 g/mol. The minimum absolute atomic E-state index is 0.164. The number of para-hydroxylation sites is 2. The fourth-order valence-corrected chi connectivity index (χ4v) is 1.77. The van der Waals surface area contributed by atoms with Gasteiger partial charge in [-0.25, -0.2) is 4.79 Å². The van der Waals surface area contributed by atoms with Gasteiger partial charge in [0.15, 0.2) is 11.5 Å². The Bertz CT molecular complexity index is 657. The largest absolute Gasteiger partial charge is 0.493 e. The van der Waals surface area contributed by atoms with Crippen molar-refractivity contribution in [1.82, 2.24) is 0 Å². The quantitative estimate of drug-likeness (QED) is 0.674. The lowest BCUT2D eigenvalue weighted by Crippen LogP contribution is -2.08. The first-order valence-corrected chi connectivity index (χ1v) is 6.42. The second kappa shape index (κ2) is 6.61. The van der Waals surface area contributed by atoms with Crippen LogP contribution in [0.4, 0.5) is 0 Å². The first-order valence-electron chi connectivity index (χ1n) is 6.42. The number of aryl methyl sites for hydroxylation is 1. The Morgan fingerprint density at radius 2 is 1.67 bits per heavy atom. The summed E-state index contributed by atoms with van der Waals surface area (Å²) in [5.41, 5.74) is 1.86. The van der Waals surface area contributed by atoms with Crippen molar-refractivity contribution in [1.29, 1.82) is 0 Å². The van der Waals surface area contributed by atoms with Crippen LogP contribution in [0, 0.1) is 6.92 Å². The molecule has 0 aromatic heterocycles. The number of carboxylic acid groups (broad SMARTS) is 1. The zero-order valence-electron chi connectivity index (χ0n) is 11.9. The molecule has 4 nitrogen and oxygen atoms in total. The molecule has 0 aliphatic carbocycles. The van der Waals surface area contributed by atoms with Gasteiger partial charge in [-0.15, -0.1) is 0 Å². The van der Waals surface area contributed by atoms with Crippen molar-refractivity contribution in [2.75, 3.05) is 7.11 Å². The van der Waals surface area contributed by atoms with Crippen molar-refractivity contribution in [2.24, 2.45) is 0 Å². The lowest BCUT2D eigenvalue weighted by molar-refractivity contribution is -0.134. The Morgan fingerprint density at radius 3 is 2.24 bits per heavy atom. The van der Waals surface area contributed by atoms with Gasteiger partial charge in [-0.05, 0) is 30.7 Å². The van der Waals surface area contributed by atoms with Gasteiger partial charge in [0.2, 0.25) is 5.76 Å². The van der Waals surface area contributed by atoms with Crippen LogP contribution in [0.5, 0.6) is 11.5 Å². The number of carbonyl (C=O) groups is 1. The highest BCUT2D eigenvalue weighted by Crippen LogP contribution is 2.28. The van der Waals surface area contributed by atoms with Crippen molar-refractivity contribution in [3.8, 4) is 11.5 Å². The first kappa shape index (κ1) is 14.7. The summed E-state index contributed by atoms with van der Waals surface area (Å²) in [4.78, 5) is 11.3. The Morgan fingerprint density at radius 1 is 1.05 bits per heavy atom. The Kier molecular flexibility index (Phi) is 4.61. The molecule has 0 aliphatic rings.